The highest BCUT2D eigenvalue weighted by atomic mass is 79.9. The number of aliphatic hydroxyl groups is 1. The summed E-state index contributed by atoms with van der Waals surface area (Å²) in [4.78, 5) is 0. The SMILES string of the molecule is OC(CCl)CNc1ccc(Br)c2c1CNCC2. The number of hydrogen-bond acceptors (Lipinski definition) is 3. The van der Waals surface area contributed by atoms with Crippen molar-refractivity contribution in [1.29, 1.82) is 0 Å². The summed E-state index contributed by atoms with van der Waals surface area (Å²) in [5.41, 5.74) is 3.72. The second-order valence-corrected chi connectivity index (χ2v) is 5.33. The van der Waals surface area contributed by atoms with Gasteiger partial charge in [0.15, 0.2) is 0 Å². The lowest BCUT2D eigenvalue weighted by Crippen LogP contribution is -2.27. The fourth-order valence-electron chi connectivity index (χ4n) is 2.01. The van der Waals surface area contributed by atoms with Gasteiger partial charge in [0.1, 0.15) is 0 Å². The van der Waals surface area contributed by atoms with E-state index >= 15 is 0 Å². The third-order valence-corrected chi connectivity index (χ3v) is 4.03. The first-order chi connectivity index (χ1) is 8.22. The van der Waals surface area contributed by atoms with Crippen molar-refractivity contribution >= 4 is 33.2 Å². The van der Waals surface area contributed by atoms with Gasteiger partial charge in [-0.1, -0.05) is 15.9 Å². The molecule has 0 aromatic heterocycles. The van der Waals surface area contributed by atoms with E-state index in [-0.39, 0.29) is 5.88 Å². The van der Waals surface area contributed by atoms with Crippen LogP contribution in [0.4, 0.5) is 5.69 Å². The van der Waals surface area contributed by atoms with Crippen molar-refractivity contribution in [2.24, 2.45) is 0 Å². The maximum absolute atomic E-state index is 9.46. The summed E-state index contributed by atoms with van der Waals surface area (Å²) < 4.78 is 1.16. The summed E-state index contributed by atoms with van der Waals surface area (Å²) in [5, 5.41) is 16.1. The van der Waals surface area contributed by atoms with Crippen LogP contribution in [0, 0.1) is 0 Å². The molecule has 1 aromatic carbocycles. The maximum Gasteiger partial charge on any atom is 0.0847 e. The van der Waals surface area contributed by atoms with Crippen LogP contribution in [-0.4, -0.2) is 30.2 Å². The molecule has 5 heteroatoms. The van der Waals surface area contributed by atoms with Crippen molar-refractivity contribution in [2.75, 3.05) is 24.3 Å². The minimum absolute atomic E-state index is 0.254. The first kappa shape index (κ1) is 13.1. The van der Waals surface area contributed by atoms with Gasteiger partial charge in [-0.2, -0.15) is 0 Å². The highest BCUT2D eigenvalue weighted by Gasteiger charge is 2.15. The molecule has 0 radical (unpaired) electrons. The normalized spacial score (nSPS) is 16.4. The highest BCUT2D eigenvalue weighted by Crippen LogP contribution is 2.29. The molecule has 3 nitrogen and oxygen atoms in total. The van der Waals surface area contributed by atoms with Crippen LogP contribution in [0.2, 0.25) is 0 Å². The van der Waals surface area contributed by atoms with Crippen molar-refractivity contribution in [3.8, 4) is 0 Å². The summed E-state index contributed by atoms with van der Waals surface area (Å²) in [6, 6.07) is 4.09. The lowest BCUT2D eigenvalue weighted by molar-refractivity contribution is 0.211. The number of halogens is 2. The Morgan fingerprint density at radius 2 is 2.29 bits per heavy atom. The number of rotatable bonds is 4. The van der Waals surface area contributed by atoms with E-state index in [0.29, 0.717) is 6.54 Å². The Morgan fingerprint density at radius 1 is 1.47 bits per heavy atom. The van der Waals surface area contributed by atoms with Crippen molar-refractivity contribution in [1.82, 2.24) is 5.32 Å². The van der Waals surface area contributed by atoms with Crippen LogP contribution in [0.15, 0.2) is 16.6 Å². The largest absolute Gasteiger partial charge is 0.390 e. The van der Waals surface area contributed by atoms with Crippen molar-refractivity contribution < 1.29 is 5.11 Å². The van der Waals surface area contributed by atoms with E-state index in [1.165, 1.54) is 11.1 Å². The Hall–Kier alpha value is -0.290. The smallest absolute Gasteiger partial charge is 0.0847 e. The molecule has 2 rings (SSSR count). The minimum atomic E-state index is -0.507. The number of alkyl halides is 1. The second kappa shape index (κ2) is 6.05. The third-order valence-electron chi connectivity index (χ3n) is 2.93. The summed E-state index contributed by atoms with van der Waals surface area (Å²) >= 11 is 9.16. The highest BCUT2D eigenvalue weighted by molar-refractivity contribution is 9.10. The molecule has 3 N–H and O–H groups in total. The van der Waals surface area contributed by atoms with Crippen molar-refractivity contribution in [3.63, 3.8) is 0 Å². The zero-order valence-corrected chi connectivity index (χ0v) is 11.8. The first-order valence-electron chi connectivity index (χ1n) is 5.71. The molecule has 94 valence electrons. The molecule has 0 spiro atoms. The number of hydrogen-bond donors (Lipinski definition) is 3. The number of anilines is 1. The van der Waals surface area contributed by atoms with Gasteiger partial charge in [-0.15, -0.1) is 11.6 Å². The van der Waals surface area contributed by atoms with Gasteiger partial charge < -0.3 is 15.7 Å². The Morgan fingerprint density at radius 3 is 3.06 bits per heavy atom. The van der Waals surface area contributed by atoms with Crippen molar-refractivity contribution in [2.45, 2.75) is 19.1 Å². The van der Waals surface area contributed by atoms with Gasteiger partial charge in [0.05, 0.1) is 12.0 Å². The molecule has 1 aromatic rings. The van der Waals surface area contributed by atoms with Gasteiger partial charge in [0.25, 0.3) is 0 Å². The fraction of sp³-hybridized carbons (Fsp3) is 0.500. The summed E-state index contributed by atoms with van der Waals surface area (Å²) in [7, 11) is 0. The van der Waals surface area contributed by atoms with Crippen LogP contribution < -0.4 is 10.6 Å². The quantitative estimate of drug-likeness (QED) is 0.745. The van der Waals surface area contributed by atoms with Crippen LogP contribution in [0.25, 0.3) is 0 Å². The summed E-state index contributed by atoms with van der Waals surface area (Å²) in [6.07, 6.45) is 0.524. The van der Waals surface area contributed by atoms with E-state index in [2.05, 4.69) is 32.6 Å². The molecular formula is C12H16BrClN2O. The van der Waals surface area contributed by atoms with E-state index in [4.69, 9.17) is 11.6 Å². The van der Waals surface area contributed by atoms with Crippen LogP contribution in [0.1, 0.15) is 11.1 Å². The average molecular weight is 320 g/mol. The van der Waals surface area contributed by atoms with E-state index in [1.54, 1.807) is 0 Å². The molecule has 0 aliphatic carbocycles. The predicted octanol–water partition coefficient (Wildman–Crippen LogP) is 2.11. The van der Waals surface area contributed by atoms with E-state index in [9.17, 15) is 5.11 Å². The van der Waals surface area contributed by atoms with E-state index in [0.717, 1.165) is 29.7 Å². The summed E-state index contributed by atoms with van der Waals surface area (Å²) in [6.45, 7) is 2.37. The Bertz CT molecular complexity index is 400. The molecule has 0 amide bonds. The molecule has 0 saturated carbocycles. The lowest BCUT2D eigenvalue weighted by Gasteiger charge is -2.23. The molecule has 1 heterocycles. The zero-order chi connectivity index (χ0) is 12.3. The predicted molar refractivity (Wildman–Crippen MR) is 74.8 cm³/mol. The minimum Gasteiger partial charge on any atom is -0.390 e. The third kappa shape index (κ3) is 3.13. The number of fused-ring (bicyclic) bond motifs is 1. The lowest BCUT2D eigenvalue weighted by atomic mass is 9.99. The number of aliphatic hydroxyl groups excluding tert-OH is 1. The molecular weight excluding hydrogens is 304 g/mol. The Balaban J connectivity index is 2.17. The van der Waals surface area contributed by atoms with E-state index in [1.807, 2.05) is 6.07 Å². The standard InChI is InChI=1S/C12H16BrClN2O/c13-11-1-2-12(16-6-8(17)5-14)10-7-15-4-3-9(10)11/h1-2,8,15-17H,3-7H2. The molecule has 1 unspecified atom stereocenters. The number of benzene rings is 1. The zero-order valence-electron chi connectivity index (χ0n) is 9.47. The Labute approximate surface area is 115 Å². The van der Waals surface area contributed by atoms with Gasteiger partial charge in [0, 0.05) is 23.2 Å². The molecule has 17 heavy (non-hydrogen) atoms. The molecule has 1 aliphatic heterocycles. The van der Waals surface area contributed by atoms with Gasteiger partial charge >= 0.3 is 0 Å². The van der Waals surface area contributed by atoms with Crippen LogP contribution in [0.5, 0.6) is 0 Å². The maximum atomic E-state index is 9.46. The topological polar surface area (TPSA) is 44.3 Å². The molecule has 1 aliphatic rings. The van der Waals surface area contributed by atoms with Gasteiger partial charge in [-0.3, -0.25) is 0 Å². The monoisotopic (exact) mass is 318 g/mol. The average Bonchev–Trinajstić information content (AvgIpc) is 2.38. The molecule has 1 atom stereocenters. The Kier molecular flexibility index (Phi) is 4.68. The number of nitrogens with one attached hydrogen (secondary N) is 2. The van der Waals surface area contributed by atoms with Gasteiger partial charge in [-0.25, -0.2) is 0 Å². The van der Waals surface area contributed by atoms with Crippen LogP contribution in [-0.2, 0) is 13.0 Å². The van der Waals surface area contributed by atoms with Crippen molar-refractivity contribution in [3.05, 3.63) is 27.7 Å². The molecule has 0 fully saturated rings. The van der Waals surface area contributed by atoms with E-state index < -0.39 is 6.10 Å². The second-order valence-electron chi connectivity index (χ2n) is 4.17. The van der Waals surface area contributed by atoms with Gasteiger partial charge in [-0.05, 0) is 36.2 Å². The van der Waals surface area contributed by atoms with Crippen LogP contribution in [0.3, 0.4) is 0 Å². The molecule has 0 saturated heterocycles. The fourth-order valence-corrected chi connectivity index (χ4v) is 2.69. The first-order valence-corrected chi connectivity index (χ1v) is 7.04. The van der Waals surface area contributed by atoms with Crippen LogP contribution >= 0.6 is 27.5 Å². The van der Waals surface area contributed by atoms with Gasteiger partial charge in [0.2, 0.25) is 0 Å². The molecule has 0 bridgehead atoms. The summed E-state index contributed by atoms with van der Waals surface area (Å²) in [5.74, 6) is 0.254.